The summed E-state index contributed by atoms with van der Waals surface area (Å²) in [6.07, 6.45) is 1.21. The average molecular weight is 384 g/mol. The Kier molecular flexibility index (Phi) is 6.75. The number of rotatable bonds is 2. The van der Waals surface area contributed by atoms with Crippen LogP contribution in [0, 0.1) is 0 Å². The predicted molar refractivity (Wildman–Crippen MR) is 97.7 cm³/mol. The molecule has 0 spiro atoms. The fourth-order valence-corrected chi connectivity index (χ4v) is 3.05. The van der Waals surface area contributed by atoms with Gasteiger partial charge in [-0.2, -0.15) is 0 Å². The third kappa shape index (κ3) is 4.90. The Labute approximate surface area is 155 Å². The van der Waals surface area contributed by atoms with Crippen molar-refractivity contribution in [1.29, 1.82) is 0 Å². The second-order valence-electron chi connectivity index (χ2n) is 5.70. The number of nitrogens with two attached hydrogens (primary N) is 1. The van der Waals surface area contributed by atoms with E-state index >= 15 is 0 Å². The Bertz CT molecular complexity index is 745. The van der Waals surface area contributed by atoms with E-state index in [1.165, 1.54) is 6.20 Å². The SMILES string of the molecule is CC1(c2cccc(-c3cc(Cl)cnc3Cl)c2)CNCC(N)O1.O=CO. The number of aromatic nitrogens is 1. The number of carboxylic acid groups (broad SMARTS) is 1. The van der Waals surface area contributed by atoms with E-state index in [0.29, 0.717) is 23.3 Å². The van der Waals surface area contributed by atoms with Crippen molar-refractivity contribution in [3.63, 3.8) is 0 Å². The summed E-state index contributed by atoms with van der Waals surface area (Å²) in [5.74, 6) is 0. The highest BCUT2D eigenvalue weighted by molar-refractivity contribution is 6.34. The smallest absolute Gasteiger partial charge is 0.290 e. The maximum absolute atomic E-state index is 8.36. The van der Waals surface area contributed by atoms with Gasteiger partial charge in [-0.15, -0.1) is 0 Å². The molecule has 4 N–H and O–H groups in total. The van der Waals surface area contributed by atoms with Gasteiger partial charge in [0.2, 0.25) is 0 Å². The molecule has 6 nitrogen and oxygen atoms in total. The highest BCUT2D eigenvalue weighted by atomic mass is 35.5. The van der Waals surface area contributed by atoms with Crippen LogP contribution in [0.3, 0.4) is 0 Å². The van der Waals surface area contributed by atoms with Gasteiger partial charge in [0.05, 0.1) is 5.02 Å². The topological polar surface area (TPSA) is 97.5 Å². The third-order valence-corrected chi connectivity index (χ3v) is 4.32. The van der Waals surface area contributed by atoms with Gasteiger partial charge in [-0.25, -0.2) is 4.98 Å². The minimum atomic E-state index is -0.480. The van der Waals surface area contributed by atoms with Crippen molar-refractivity contribution >= 4 is 29.7 Å². The molecule has 1 aliphatic rings. The number of halogens is 2. The van der Waals surface area contributed by atoms with E-state index in [4.69, 9.17) is 43.6 Å². The zero-order valence-electron chi connectivity index (χ0n) is 13.6. The molecular formula is C17H19Cl2N3O3. The number of ether oxygens (including phenoxy) is 1. The summed E-state index contributed by atoms with van der Waals surface area (Å²) in [7, 11) is 0. The second-order valence-corrected chi connectivity index (χ2v) is 6.49. The molecule has 0 amide bonds. The molecule has 1 aromatic carbocycles. The third-order valence-electron chi connectivity index (χ3n) is 3.81. The van der Waals surface area contributed by atoms with Crippen LogP contribution >= 0.6 is 23.2 Å². The maximum atomic E-state index is 8.36. The number of hydrogen-bond donors (Lipinski definition) is 3. The first-order valence-electron chi connectivity index (χ1n) is 7.53. The molecule has 1 aromatic heterocycles. The molecule has 0 radical (unpaired) electrons. The number of nitrogens with one attached hydrogen (secondary N) is 1. The molecule has 2 atom stereocenters. The minimum Gasteiger partial charge on any atom is -0.483 e. The van der Waals surface area contributed by atoms with Gasteiger partial charge in [-0.05, 0) is 30.2 Å². The van der Waals surface area contributed by atoms with E-state index in [0.717, 1.165) is 16.7 Å². The molecule has 3 rings (SSSR count). The monoisotopic (exact) mass is 383 g/mol. The molecule has 8 heteroatoms. The largest absolute Gasteiger partial charge is 0.483 e. The van der Waals surface area contributed by atoms with Gasteiger partial charge in [-0.3, -0.25) is 4.79 Å². The van der Waals surface area contributed by atoms with Gasteiger partial charge in [0.1, 0.15) is 17.0 Å². The van der Waals surface area contributed by atoms with Crippen molar-refractivity contribution in [3.05, 3.63) is 52.3 Å². The summed E-state index contributed by atoms with van der Waals surface area (Å²) in [4.78, 5) is 12.5. The van der Waals surface area contributed by atoms with Gasteiger partial charge in [-0.1, -0.05) is 41.4 Å². The zero-order chi connectivity index (χ0) is 18.4. The molecular weight excluding hydrogens is 365 g/mol. The fourth-order valence-electron chi connectivity index (χ4n) is 2.68. The lowest BCUT2D eigenvalue weighted by Crippen LogP contribution is -2.53. The molecule has 134 valence electrons. The van der Waals surface area contributed by atoms with Crippen LogP contribution in [0.5, 0.6) is 0 Å². The van der Waals surface area contributed by atoms with Crippen LogP contribution in [0.4, 0.5) is 0 Å². The van der Waals surface area contributed by atoms with E-state index < -0.39 is 5.60 Å². The summed E-state index contributed by atoms with van der Waals surface area (Å²) in [5, 5.41) is 11.2. The van der Waals surface area contributed by atoms with E-state index in [2.05, 4.69) is 10.3 Å². The van der Waals surface area contributed by atoms with Crippen LogP contribution in [0.1, 0.15) is 12.5 Å². The first-order valence-corrected chi connectivity index (χ1v) is 8.29. The average Bonchev–Trinajstić information content (AvgIpc) is 2.58. The Morgan fingerprint density at radius 3 is 2.84 bits per heavy atom. The lowest BCUT2D eigenvalue weighted by atomic mass is 9.91. The summed E-state index contributed by atoms with van der Waals surface area (Å²) in [6, 6.07) is 9.82. The van der Waals surface area contributed by atoms with Crippen LogP contribution in [0.25, 0.3) is 11.1 Å². The molecule has 2 heterocycles. The number of benzene rings is 1. The van der Waals surface area contributed by atoms with Crippen molar-refractivity contribution in [2.45, 2.75) is 18.8 Å². The normalized spacial score (nSPS) is 22.6. The summed E-state index contributed by atoms with van der Waals surface area (Å²) in [5.41, 5.74) is 8.20. The first-order chi connectivity index (χ1) is 11.9. The standard InChI is InChI=1S/C16H17Cl2N3O.CH2O2/c1-16(9-20-8-14(19)22-16)11-4-2-3-10(5-11)13-6-12(17)7-21-15(13)18;2-1-3/h2-7,14,20H,8-9,19H2,1H3;1H,(H,2,3). The second kappa shape index (κ2) is 8.60. The van der Waals surface area contributed by atoms with Crippen molar-refractivity contribution in [1.82, 2.24) is 10.3 Å². The fraction of sp³-hybridized carbons (Fsp3) is 0.294. The van der Waals surface area contributed by atoms with Gasteiger partial charge in [0.15, 0.2) is 0 Å². The highest BCUT2D eigenvalue weighted by Gasteiger charge is 2.33. The van der Waals surface area contributed by atoms with Crippen molar-refractivity contribution in [2.75, 3.05) is 13.1 Å². The predicted octanol–water partition coefficient (Wildman–Crippen LogP) is 2.88. The summed E-state index contributed by atoms with van der Waals surface area (Å²) < 4.78 is 5.95. The quantitative estimate of drug-likeness (QED) is 0.544. The van der Waals surface area contributed by atoms with E-state index in [1.807, 2.05) is 37.3 Å². The van der Waals surface area contributed by atoms with Crippen molar-refractivity contribution < 1.29 is 14.6 Å². The first kappa shape index (κ1) is 19.6. The van der Waals surface area contributed by atoms with Gasteiger partial charge >= 0.3 is 0 Å². The molecule has 0 bridgehead atoms. The molecule has 2 aromatic rings. The molecule has 0 saturated carbocycles. The molecule has 25 heavy (non-hydrogen) atoms. The molecule has 1 saturated heterocycles. The summed E-state index contributed by atoms with van der Waals surface area (Å²) in [6.45, 7) is 3.13. The number of carbonyl (C=O) groups is 1. The van der Waals surface area contributed by atoms with Gasteiger partial charge < -0.3 is 20.9 Å². The molecule has 1 fully saturated rings. The molecule has 2 unspecified atom stereocenters. The van der Waals surface area contributed by atoms with Crippen LogP contribution < -0.4 is 11.1 Å². The number of pyridine rings is 1. The number of morpholine rings is 1. The Morgan fingerprint density at radius 2 is 2.16 bits per heavy atom. The van der Waals surface area contributed by atoms with E-state index in [-0.39, 0.29) is 12.7 Å². The van der Waals surface area contributed by atoms with E-state index in [9.17, 15) is 0 Å². The van der Waals surface area contributed by atoms with E-state index in [1.54, 1.807) is 0 Å². The molecule has 0 aliphatic carbocycles. The van der Waals surface area contributed by atoms with Crippen molar-refractivity contribution in [3.8, 4) is 11.1 Å². The maximum Gasteiger partial charge on any atom is 0.290 e. The Hall–Kier alpha value is -1.70. The van der Waals surface area contributed by atoms with Crippen LogP contribution in [-0.2, 0) is 15.1 Å². The van der Waals surface area contributed by atoms with Crippen molar-refractivity contribution in [2.24, 2.45) is 5.73 Å². The number of hydrogen-bond acceptors (Lipinski definition) is 5. The summed E-state index contributed by atoms with van der Waals surface area (Å²) >= 11 is 12.2. The Morgan fingerprint density at radius 1 is 1.44 bits per heavy atom. The lowest BCUT2D eigenvalue weighted by molar-refractivity contribution is -0.122. The zero-order valence-corrected chi connectivity index (χ0v) is 15.1. The van der Waals surface area contributed by atoms with Gasteiger partial charge in [0.25, 0.3) is 6.47 Å². The molecule has 1 aliphatic heterocycles. The van der Waals surface area contributed by atoms with Crippen LogP contribution in [0.15, 0.2) is 36.5 Å². The lowest BCUT2D eigenvalue weighted by Gasteiger charge is -2.38. The van der Waals surface area contributed by atoms with Crippen LogP contribution in [0.2, 0.25) is 10.2 Å². The van der Waals surface area contributed by atoms with Gasteiger partial charge in [0, 0.05) is 24.8 Å². The number of nitrogens with zero attached hydrogens (tertiary/aromatic N) is 1. The minimum absolute atomic E-state index is 0.250. The highest BCUT2D eigenvalue weighted by Crippen LogP contribution is 2.33. The Balaban J connectivity index is 0.000000701. The van der Waals surface area contributed by atoms with Crippen LogP contribution in [-0.4, -0.2) is 35.9 Å².